The van der Waals surface area contributed by atoms with E-state index in [1.807, 2.05) is 0 Å². The molecule has 0 amide bonds. The van der Waals surface area contributed by atoms with Gasteiger partial charge >= 0.3 is 0 Å². The second-order valence-corrected chi connectivity index (χ2v) is 7.35. The maximum absolute atomic E-state index is 12.0. The summed E-state index contributed by atoms with van der Waals surface area (Å²) in [5.74, 6) is 0.661. The number of rotatable bonds is 5. The molecule has 0 radical (unpaired) electrons. The van der Waals surface area contributed by atoms with Gasteiger partial charge in [0.2, 0.25) is 0 Å². The van der Waals surface area contributed by atoms with Crippen molar-refractivity contribution < 1.29 is 17.9 Å². The minimum Gasteiger partial charge on any atom is -0.486 e. The highest BCUT2D eigenvalue weighted by molar-refractivity contribution is 7.90. The molecule has 0 spiro atoms. The predicted molar refractivity (Wildman–Crippen MR) is 76.6 cm³/mol. The Morgan fingerprint density at radius 1 is 1.25 bits per heavy atom. The maximum atomic E-state index is 12.0. The van der Waals surface area contributed by atoms with Gasteiger partial charge in [-0.3, -0.25) is 4.79 Å². The fourth-order valence-corrected chi connectivity index (χ4v) is 3.15. The number of hydrogen-bond acceptors (Lipinski definition) is 4. The molecule has 2 rings (SSSR count). The average Bonchev–Trinajstić information content (AvgIpc) is 2.45. The summed E-state index contributed by atoms with van der Waals surface area (Å²) in [5.41, 5.74) is 0. The van der Waals surface area contributed by atoms with Gasteiger partial charge in [0, 0.05) is 12.2 Å². The van der Waals surface area contributed by atoms with Crippen molar-refractivity contribution >= 4 is 15.6 Å². The SMILES string of the molecule is CS(=O)(=O)c1cccc(OCC(=O)C2CCCCC2)c1. The molecule has 1 aliphatic rings. The topological polar surface area (TPSA) is 60.4 Å². The van der Waals surface area contributed by atoms with Crippen molar-refractivity contribution in [3.63, 3.8) is 0 Å². The number of ketones is 1. The molecule has 1 saturated carbocycles. The predicted octanol–water partition coefficient (Wildman–Crippen LogP) is 2.62. The first kappa shape index (κ1) is 15.0. The van der Waals surface area contributed by atoms with Crippen LogP contribution in [-0.4, -0.2) is 27.1 Å². The molecule has 0 unspecified atom stereocenters. The molecule has 1 aromatic carbocycles. The van der Waals surface area contributed by atoms with E-state index in [-0.39, 0.29) is 23.2 Å². The Morgan fingerprint density at radius 3 is 2.60 bits per heavy atom. The lowest BCUT2D eigenvalue weighted by Gasteiger charge is -2.20. The smallest absolute Gasteiger partial charge is 0.175 e. The van der Waals surface area contributed by atoms with Crippen LogP contribution in [-0.2, 0) is 14.6 Å². The molecule has 0 aliphatic heterocycles. The van der Waals surface area contributed by atoms with Crippen molar-refractivity contribution in [3.05, 3.63) is 24.3 Å². The van der Waals surface area contributed by atoms with E-state index in [1.165, 1.54) is 18.6 Å². The quantitative estimate of drug-likeness (QED) is 0.838. The van der Waals surface area contributed by atoms with Crippen molar-refractivity contribution in [1.29, 1.82) is 0 Å². The summed E-state index contributed by atoms with van der Waals surface area (Å²) in [7, 11) is -3.25. The average molecular weight is 296 g/mol. The van der Waals surface area contributed by atoms with Crippen molar-refractivity contribution in [2.45, 2.75) is 37.0 Å². The first-order chi connectivity index (χ1) is 9.47. The van der Waals surface area contributed by atoms with Gasteiger partial charge in [-0.25, -0.2) is 8.42 Å². The van der Waals surface area contributed by atoms with Crippen LogP contribution in [0.1, 0.15) is 32.1 Å². The van der Waals surface area contributed by atoms with Gasteiger partial charge in [-0.1, -0.05) is 25.3 Å². The summed E-state index contributed by atoms with van der Waals surface area (Å²) in [6, 6.07) is 6.27. The molecule has 0 heterocycles. The third-order valence-electron chi connectivity index (χ3n) is 3.68. The first-order valence-corrected chi connectivity index (χ1v) is 8.81. The Hall–Kier alpha value is -1.36. The highest BCUT2D eigenvalue weighted by Crippen LogP contribution is 2.25. The van der Waals surface area contributed by atoms with E-state index >= 15 is 0 Å². The third kappa shape index (κ3) is 4.07. The fourth-order valence-electron chi connectivity index (χ4n) is 2.49. The van der Waals surface area contributed by atoms with Crippen LogP contribution in [0, 0.1) is 5.92 Å². The van der Waals surface area contributed by atoms with Crippen LogP contribution < -0.4 is 4.74 Å². The van der Waals surface area contributed by atoms with Gasteiger partial charge in [0.1, 0.15) is 12.4 Å². The lowest BCUT2D eigenvalue weighted by molar-refractivity contribution is -0.125. The summed E-state index contributed by atoms with van der Waals surface area (Å²) in [5, 5.41) is 0. The minimum absolute atomic E-state index is 0.0257. The number of benzene rings is 1. The molecule has 20 heavy (non-hydrogen) atoms. The van der Waals surface area contributed by atoms with Gasteiger partial charge in [-0.2, -0.15) is 0 Å². The number of ether oxygens (including phenoxy) is 1. The van der Waals surface area contributed by atoms with Crippen LogP contribution in [0.4, 0.5) is 0 Å². The Bertz CT molecular complexity index is 571. The third-order valence-corrected chi connectivity index (χ3v) is 4.79. The molecule has 0 N–H and O–H groups in total. The zero-order chi connectivity index (χ0) is 14.6. The molecule has 4 nitrogen and oxygen atoms in total. The van der Waals surface area contributed by atoms with Crippen LogP contribution in [0.2, 0.25) is 0 Å². The number of Topliss-reactive ketones (excluding diaryl/α,β-unsaturated/α-hetero) is 1. The molecule has 1 aromatic rings. The molecule has 110 valence electrons. The van der Waals surface area contributed by atoms with Crippen molar-refractivity contribution in [1.82, 2.24) is 0 Å². The van der Waals surface area contributed by atoms with Crippen LogP contribution >= 0.6 is 0 Å². The number of hydrogen-bond donors (Lipinski definition) is 0. The zero-order valence-electron chi connectivity index (χ0n) is 11.7. The summed E-state index contributed by atoms with van der Waals surface area (Å²) < 4.78 is 28.3. The van der Waals surface area contributed by atoms with E-state index in [0.29, 0.717) is 5.75 Å². The Labute approximate surface area is 120 Å². The van der Waals surface area contributed by atoms with Gasteiger partial charge in [-0.15, -0.1) is 0 Å². The Balaban J connectivity index is 1.95. The number of carbonyl (C=O) groups excluding carboxylic acids is 1. The fraction of sp³-hybridized carbons (Fsp3) is 0.533. The molecule has 5 heteroatoms. The van der Waals surface area contributed by atoms with Gasteiger partial charge in [0.15, 0.2) is 15.6 Å². The normalized spacial score (nSPS) is 16.9. The molecular weight excluding hydrogens is 276 g/mol. The second kappa shape index (κ2) is 6.39. The van der Waals surface area contributed by atoms with E-state index < -0.39 is 9.84 Å². The summed E-state index contributed by atoms with van der Waals surface area (Å²) in [6.45, 7) is 0.0257. The van der Waals surface area contributed by atoms with Gasteiger partial charge < -0.3 is 4.74 Å². The van der Waals surface area contributed by atoms with Gasteiger partial charge in [-0.05, 0) is 31.0 Å². The monoisotopic (exact) mass is 296 g/mol. The molecular formula is C15H20O4S. The standard InChI is InChI=1S/C15H20O4S/c1-20(17,18)14-9-5-8-13(10-14)19-11-15(16)12-6-3-2-4-7-12/h5,8-10,12H,2-4,6-7,11H2,1H3. The van der Waals surface area contributed by atoms with E-state index in [2.05, 4.69) is 0 Å². The van der Waals surface area contributed by atoms with Crippen molar-refractivity contribution in [2.75, 3.05) is 12.9 Å². The molecule has 0 saturated heterocycles. The van der Waals surface area contributed by atoms with E-state index in [1.54, 1.807) is 12.1 Å². The van der Waals surface area contributed by atoms with Gasteiger partial charge in [0.05, 0.1) is 4.90 Å². The zero-order valence-corrected chi connectivity index (χ0v) is 12.5. The van der Waals surface area contributed by atoms with Crippen molar-refractivity contribution in [2.24, 2.45) is 5.92 Å². The molecule has 0 bridgehead atoms. The van der Waals surface area contributed by atoms with Gasteiger partial charge in [0.25, 0.3) is 0 Å². The first-order valence-electron chi connectivity index (χ1n) is 6.92. The van der Waals surface area contributed by atoms with Crippen LogP contribution in [0.3, 0.4) is 0 Å². The Morgan fingerprint density at radius 2 is 1.95 bits per heavy atom. The lowest BCUT2D eigenvalue weighted by atomic mass is 9.86. The number of sulfone groups is 1. The molecule has 0 aromatic heterocycles. The molecule has 1 aliphatic carbocycles. The van der Waals surface area contributed by atoms with Crippen LogP contribution in [0.5, 0.6) is 5.75 Å². The highest BCUT2D eigenvalue weighted by atomic mass is 32.2. The van der Waals surface area contributed by atoms with E-state index in [0.717, 1.165) is 31.9 Å². The molecule has 1 fully saturated rings. The largest absolute Gasteiger partial charge is 0.486 e. The van der Waals surface area contributed by atoms with Crippen molar-refractivity contribution in [3.8, 4) is 5.75 Å². The summed E-state index contributed by atoms with van der Waals surface area (Å²) in [6.07, 6.45) is 6.48. The van der Waals surface area contributed by atoms with Crippen LogP contribution in [0.25, 0.3) is 0 Å². The van der Waals surface area contributed by atoms with E-state index in [4.69, 9.17) is 4.74 Å². The second-order valence-electron chi connectivity index (χ2n) is 5.34. The van der Waals surface area contributed by atoms with Crippen LogP contribution in [0.15, 0.2) is 29.2 Å². The van der Waals surface area contributed by atoms with E-state index in [9.17, 15) is 13.2 Å². The Kier molecular flexibility index (Phi) is 4.81. The summed E-state index contributed by atoms with van der Waals surface area (Å²) >= 11 is 0. The molecule has 0 atom stereocenters. The minimum atomic E-state index is -3.25. The highest BCUT2D eigenvalue weighted by Gasteiger charge is 2.21. The maximum Gasteiger partial charge on any atom is 0.175 e. The number of carbonyl (C=O) groups is 1. The lowest BCUT2D eigenvalue weighted by Crippen LogP contribution is -2.23. The summed E-state index contributed by atoms with van der Waals surface area (Å²) in [4.78, 5) is 12.2.